The first-order valence-corrected chi connectivity index (χ1v) is 9.23. The van der Waals surface area contributed by atoms with Crippen molar-refractivity contribution in [1.29, 1.82) is 0 Å². The molecule has 1 aromatic heterocycles. The quantitative estimate of drug-likeness (QED) is 0.631. The summed E-state index contributed by atoms with van der Waals surface area (Å²) in [6.45, 7) is 4.86. The molecule has 0 N–H and O–H groups in total. The predicted octanol–water partition coefficient (Wildman–Crippen LogP) is 3.27. The van der Waals surface area contributed by atoms with Gasteiger partial charge in [0.15, 0.2) is 5.78 Å². The number of Topliss-reactive ketones (excluding diaryl/α,β-unsaturated/α-hetero) is 1. The average molecular weight is 378 g/mol. The lowest BCUT2D eigenvalue weighted by molar-refractivity contribution is 0.101. The second kappa shape index (κ2) is 7.72. The van der Waals surface area contributed by atoms with Crippen molar-refractivity contribution in [3.63, 3.8) is 0 Å². The molecule has 0 amide bonds. The number of ether oxygens (including phenoxy) is 1. The summed E-state index contributed by atoms with van der Waals surface area (Å²) in [5.41, 5.74) is 2.74. The number of hydrogen-bond acceptors (Lipinski definition) is 7. The minimum atomic E-state index is 0.0837. The second-order valence-electron chi connectivity index (χ2n) is 6.71. The van der Waals surface area contributed by atoms with Gasteiger partial charge in [-0.15, -0.1) is 0 Å². The lowest BCUT2D eigenvalue weighted by Crippen LogP contribution is -2.46. The van der Waals surface area contributed by atoms with Crippen LogP contribution in [0, 0.1) is 0 Å². The molecule has 0 bridgehead atoms. The van der Waals surface area contributed by atoms with Crippen LogP contribution in [0.5, 0.6) is 5.75 Å². The maximum absolute atomic E-state index is 11.4. The van der Waals surface area contributed by atoms with E-state index in [0.717, 1.165) is 48.7 Å². The molecule has 1 saturated heterocycles. The minimum absolute atomic E-state index is 0.0837. The number of carbonyl (C=O) groups is 1. The van der Waals surface area contributed by atoms with Gasteiger partial charge in [0.2, 0.25) is 5.82 Å². The first-order chi connectivity index (χ1) is 13.6. The van der Waals surface area contributed by atoms with Crippen LogP contribution < -0.4 is 14.5 Å². The topological polar surface area (TPSA) is 71.7 Å². The van der Waals surface area contributed by atoms with Gasteiger partial charge in [-0.25, -0.2) is 0 Å². The first kappa shape index (κ1) is 18.0. The van der Waals surface area contributed by atoms with E-state index >= 15 is 0 Å². The zero-order chi connectivity index (χ0) is 19.5. The molecule has 7 heteroatoms. The van der Waals surface area contributed by atoms with E-state index in [0.29, 0.717) is 11.8 Å². The zero-order valence-electron chi connectivity index (χ0n) is 16.0. The Morgan fingerprint density at radius 3 is 2.21 bits per heavy atom. The molecule has 2 aromatic carbocycles. The van der Waals surface area contributed by atoms with Crippen molar-refractivity contribution in [3.8, 4) is 17.1 Å². The number of anilines is 2. The van der Waals surface area contributed by atoms with Gasteiger partial charge in [-0.1, -0.05) is 5.16 Å². The number of methoxy groups -OCH3 is 1. The molecule has 0 atom stereocenters. The molecule has 144 valence electrons. The van der Waals surface area contributed by atoms with Crippen LogP contribution in [0.4, 0.5) is 11.7 Å². The van der Waals surface area contributed by atoms with Crippen LogP contribution in [-0.4, -0.2) is 49.2 Å². The molecule has 0 unspecified atom stereocenters. The molecule has 0 aliphatic carbocycles. The summed E-state index contributed by atoms with van der Waals surface area (Å²) in [4.78, 5) is 20.3. The molecule has 0 spiro atoms. The van der Waals surface area contributed by atoms with Crippen molar-refractivity contribution in [2.75, 3.05) is 43.1 Å². The molecule has 7 nitrogen and oxygen atoms in total. The fourth-order valence-electron chi connectivity index (χ4n) is 3.26. The first-order valence-electron chi connectivity index (χ1n) is 9.23. The second-order valence-corrected chi connectivity index (χ2v) is 6.71. The Morgan fingerprint density at radius 2 is 1.61 bits per heavy atom. The highest BCUT2D eigenvalue weighted by Crippen LogP contribution is 2.24. The summed E-state index contributed by atoms with van der Waals surface area (Å²) in [6.07, 6.45) is 0. The van der Waals surface area contributed by atoms with E-state index in [1.54, 1.807) is 14.0 Å². The fraction of sp³-hybridized carbons (Fsp3) is 0.286. The van der Waals surface area contributed by atoms with E-state index in [2.05, 4.69) is 19.9 Å². The summed E-state index contributed by atoms with van der Waals surface area (Å²) in [7, 11) is 1.64. The van der Waals surface area contributed by atoms with Gasteiger partial charge in [-0.3, -0.25) is 4.79 Å². The Hall–Kier alpha value is -3.35. The molecule has 28 heavy (non-hydrogen) atoms. The largest absolute Gasteiger partial charge is 0.497 e. The number of nitrogens with zero attached hydrogens (tertiary/aromatic N) is 4. The predicted molar refractivity (Wildman–Crippen MR) is 107 cm³/mol. The van der Waals surface area contributed by atoms with Gasteiger partial charge >= 0.3 is 6.01 Å². The van der Waals surface area contributed by atoms with Gasteiger partial charge < -0.3 is 19.1 Å². The summed E-state index contributed by atoms with van der Waals surface area (Å²) >= 11 is 0. The van der Waals surface area contributed by atoms with Gasteiger partial charge in [0.1, 0.15) is 5.75 Å². The lowest BCUT2D eigenvalue weighted by atomic mass is 10.1. The zero-order valence-corrected chi connectivity index (χ0v) is 16.0. The van der Waals surface area contributed by atoms with Gasteiger partial charge in [0.25, 0.3) is 0 Å². The molecular weight excluding hydrogens is 356 g/mol. The van der Waals surface area contributed by atoms with Crippen molar-refractivity contribution in [1.82, 2.24) is 10.1 Å². The van der Waals surface area contributed by atoms with E-state index < -0.39 is 0 Å². The smallest absolute Gasteiger partial charge is 0.324 e. The summed E-state index contributed by atoms with van der Waals surface area (Å²) in [5, 5.41) is 4.11. The Labute approximate surface area is 163 Å². The number of rotatable bonds is 5. The lowest BCUT2D eigenvalue weighted by Gasteiger charge is -2.35. The van der Waals surface area contributed by atoms with E-state index in [9.17, 15) is 4.79 Å². The Bertz CT molecular complexity index is 943. The van der Waals surface area contributed by atoms with Crippen LogP contribution in [0.2, 0.25) is 0 Å². The Balaban J connectivity index is 1.39. The minimum Gasteiger partial charge on any atom is -0.497 e. The van der Waals surface area contributed by atoms with Crippen molar-refractivity contribution in [3.05, 3.63) is 54.1 Å². The van der Waals surface area contributed by atoms with Crippen LogP contribution in [0.15, 0.2) is 53.1 Å². The van der Waals surface area contributed by atoms with E-state index in [1.165, 1.54) is 0 Å². The molecule has 1 aliphatic rings. The average Bonchev–Trinajstić information content (AvgIpc) is 3.24. The van der Waals surface area contributed by atoms with Crippen LogP contribution in [0.25, 0.3) is 11.4 Å². The third-order valence-electron chi connectivity index (χ3n) is 4.95. The van der Waals surface area contributed by atoms with Gasteiger partial charge in [-0.05, 0) is 55.5 Å². The number of piperazine rings is 1. The Kier molecular flexibility index (Phi) is 4.97. The summed E-state index contributed by atoms with van der Waals surface area (Å²) in [5.74, 6) is 1.44. The molecule has 0 saturated carbocycles. The number of benzene rings is 2. The maximum atomic E-state index is 11.4. The molecular formula is C21H22N4O3. The SMILES string of the molecule is COc1ccc(-c2noc(N3CCN(c4ccc(C(C)=O)cc4)CC3)n2)cc1. The van der Waals surface area contributed by atoms with Crippen molar-refractivity contribution < 1.29 is 14.1 Å². The summed E-state index contributed by atoms with van der Waals surface area (Å²) < 4.78 is 10.7. The number of aromatic nitrogens is 2. The highest BCUT2D eigenvalue weighted by Gasteiger charge is 2.22. The maximum Gasteiger partial charge on any atom is 0.324 e. The Morgan fingerprint density at radius 1 is 0.964 bits per heavy atom. The van der Waals surface area contributed by atoms with Crippen molar-refractivity contribution >= 4 is 17.5 Å². The molecule has 4 rings (SSSR count). The fourth-order valence-corrected chi connectivity index (χ4v) is 3.26. The van der Waals surface area contributed by atoms with Crippen LogP contribution in [-0.2, 0) is 0 Å². The molecule has 1 fully saturated rings. The third kappa shape index (κ3) is 3.69. The molecule has 3 aromatic rings. The normalized spacial score (nSPS) is 14.2. The van der Waals surface area contributed by atoms with E-state index in [4.69, 9.17) is 9.26 Å². The van der Waals surface area contributed by atoms with Crippen LogP contribution in [0.3, 0.4) is 0 Å². The van der Waals surface area contributed by atoms with Gasteiger partial charge in [0.05, 0.1) is 7.11 Å². The van der Waals surface area contributed by atoms with Crippen LogP contribution in [0.1, 0.15) is 17.3 Å². The summed E-state index contributed by atoms with van der Waals surface area (Å²) in [6, 6.07) is 15.9. The number of ketones is 1. The number of hydrogen-bond donors (Lipinski definition) is 0. The van der Waals surface area contributed by atoms with Crippen LogP contribution >= 0.6 is 0 Å². The van der Waals surface area contributed by atoms with E-state index in [-0.39, 0.29) is 5.78 Å². The van der Waals surface area contributed by atoms with Gasteiger partial charge in [0, 0.05) is 43.0 Å². The van der Waals surface area contributed by atoms with Gasteiger partial charge in [-0.2, -0.15) is 4.98 Å². The number of carbonyl (C=O) groups excluding carboxylic acids is 1. The third-order valence-corrected chi connectivity index (χ3v) is 4.95. The molecule has 2 heterocycles. The van der Waals surface area contributed by atoms with Crippen molar-refractivity contribution in [2.45, 2.75) is 6.92 Å². The standard InChI is InChI=1S/C21H22N4O3/c1-15(26)16-3-7-18(8-4-16)24-11-13-25(14-12-24)21-22-20(23-28-21)17-5-9-19(27-2)10-6-17/h3-10H,11-14H2,1-2H3. The van der Waals surface area contributed by atoms with E-state index in [1.807, 2.05) is 48.5 Å². The highest BCUT2D eigenvalue weighted by atomic mass is 16.5. The monoisotopic (exact) mass is 378 g/mol. The molecule has 1 aliphatic heterocycles. The van der Waals surface area contributed by atoms with Crippen molar-refractivity contribution in [2.24, 2.45) is 0 Å². The molecule has 0 radical (unpaired) electrons. The highest BCUT2D eigenvalue weighted by molar-refractivity contribution is 5.94.